The van der Waals surface area contributed by atoms with Gasteiger partial charge < -0.3 is 14.4 Å². The molecule has 0 saturated carbocycles. The molecule has 0 saturated heterocycles. The van der Waals surface area contributed by atoms with Gasteiger partial charge >= 0.3 is 0 Å². The number of carbonyl (C=O) groups is 1. The van der Waals surface area contributed by atoms with E-state index < -0.39 is 0 Å². The predicted molar refractivity (Wildman–Crippen MR) is 110 cm³/mol. The first kappa shape index (κ1) is 19.1. The first-order valence-electron chi connectivity index (χ1n) is 9.85. The topological polar surface area (TPSA) is 56.6 Å². The van der Waals surface area contributed by atoms with Gasteiger partial charge in [0.2, 0.25) is 6.79 Å². The van der Waals surface area contributed by atoms with Gasteiger partial charge in [-0.05, 0) is 50.1 Å². The Morgan fingerprint density at radius 3 is 2.66 bits per heavy atom. The molecule has 29 heavy (non-hydrogen) atoms. The largest absolute Gasteiger partial charge is 0.454 e. The lowest BCUT2D eigenvalue weighted by molar-refractivity contribution is 0.0661. The summed E-state index contributed by atoms with van der Waals surface area (Å²) in [5, 5.41) is 4.45. The van der Waals surface area contributed by atoms with Crippen LogP contribution in [0.4, 0.5) is 0 Å². The molecule has 1 aliphatic rings. The number of hydrogen-bond acceptors (Lipinski definition) is 4. The van der Waals surface area contributed by atoms with E-state index in [1.165, 1.54) is 0 Å². The Bertz CT molecular complexity index is 1010. The van der Waals surface area contributed by atoms with Crippen LogP contribution in [0.1, 0.15) is 47.2 Å². The zero-order valence-corrected chi connectivity index (χ0v) is 17.0. The lowest BCUT2D eigenvalue weighted by Crippen LogP contribution is -2.34. The zero-order chi connectivity index (χ0) is 20.4. The number of fused-ring (bicyclic) bond motifs is 1. The maximum Gasteiger partial charge on any atom is 0.272 e. The van der Waals surface area contributed by atoms with Gasteiger partial charge in [-0.3, -0.25) is 9.48 Å². The predicted octanol–water partition coefficient (Wildman–Crippen LogP) is 4.34. The summed E-state index contributed by atoms with van der Waals surface area (Å²) in [7, 11) is 0. The minimum atomic E-state index is -0.102. The number of aromatic nitrogens is 2. The molecule has 6 heteroatoms. The van der Waals surface area contributed by atoms with E-state index in [0.29, 0.717) is 18.8 Å². The van der Waals surface area contributed by atoms with Crippen molar-refractivity contribution in [1.82, 2.24) is 14.7 Å². The van der Waals surface area contributed by atoms with Gasteiger partial charge in [0, 0.05) is 13.1 Å². The van der Waals surface area contributed by atoms with Gasteiger partial charge in [0.05, 0.1) is 11.7 Å². The van der Waals surface area contributed by atoms with Gasteiger partial charge in [-0.1, -0.05) is 36.4 Å². The number of benzene rings is 2. The molecule has 1 aliphatic heterocycles. The van der Waals surface area contributed by atoms with Crippen molar-refractivity contribution in [3.05, 3.63) is 77.1 Å². The number of aryl methyl sites for hydroxylation is 2. The van der Waals surface area contributed by atoms with Crippen LogP contribution in [0.5, 0.6) is 11.5 Å². The van der Waals surface area contributed by atoms with Crippen molar-refractivity contribution in [2.24, 2.45) is 0 Å². The lowest BCUT2D eigenvalue weighted by atomic mass is 10.0. The molecule has 1 atom stereocenters. The number of rotatable bonds is 6. The Labute approximate surface area is 170 Å². The molecule has 1 aromatic heterocycles. The van der Waals surface area contributed by atoms with E-state index >= 15 is 0 Å². The summed E-state index contributed by atoms with van der Waals surface area (Å²) in [5.74, 6) is 1.42. The summed E-state index contributed by atoms with van der Waals surface area (Å²) in [6.45, 7) is 7.29. The highest BCUT2D eigenvalue weighted by molar-refractivity contribution is 5.93. The fourth-order valence-corrected chi connectivity index (χ4v) is 3.64. The first-order valence-corrected chi connectivity index (χ1v) is 9.85. The van der Waals surface area contributed by atoms with Crippen molar-refractivity contribution in [3.8, 4) is 11.5 Å². The summed E-state index contributed by atoms with van der Waals surface area (Å²) >= 11 is 0. The molecule has 4 rings (SSSR count). The van der Waals surface area contributed by atoms with Crippen LogP contribution in [0.2, 0.25) is 0 Å². The van der Waals surface area contributed by atoms with Crippen LogP contribution in [-0.2, 0) is 13.1 Å². The monoisotopic (exact) mass is 391 g/mol. The molecule has 2 aromatic carbocycles. The summed E-state index contributed by atoms with van der Waals surface area (Å²) < 4.78 is 12.7. The van der Waals surface area contributed by atoms with E-state index in [-0.39, 0.29) is 18.7 Å². The van der Waals surface area contributed by atoms with E-state index in [9.17, 15) is 4.79 Å². The Morgan fingerprint density at radius 2 is 1.90 bits per heavy atom. The molecule has 0 unspecified atom stereocenters. The fourth-order valence-electron chi connectivity index (χ4n) is 3.64. The second kappa shape index (κ2) is 7.99. The molecule has 0 aliphatic carbocycles. The van der Waals surface area contributed by atoms with Gasteiger partial charge in [0.15, 0.2) is 11.5 Å². The van der Waals surface area contributed by atoms with Gasteiger partial charge in [0.1, 0.15) is 5.69 Å². The second-order valence-electron chi connectivity index (χ2n) is 7.19. The quantitative estimate of drug-likeness (QED) is 0.627. The minimum Gasteiger partial charge on any atom is -0.454 e. The fraction of sp³-hybridized carbons (Fsp3) is 0.304. The highest BCUT2D eigenvalue weighted by Gasteiger charge is 2.26. The third kappa shape index (κ3) is 3.83. The van der Waals surface area contributed by atoms with Crippen LogP contribution in [0.3, 0.4) is 0 Å². The van der Waals surface area contributed by atoms with Crippen LogP contribution in [-0.4, -0.2) is 27.4 Å². The van der Waals surface area contributed by atoms with Crippen molar-refractivity contribution >= 4 is 5.91 Å². The highest BCUT2D eigenvalue weighted by Crippen LogP contribution is 2.34. The molecule has 0 bridgehead atoms. The molecular formula is C23H25N3O3. The number of amides is 1. The molecule has 2 heterocycles. The average Bonchev–Trinajstić information content (AvgIpc) is 3.37. The van der Waals surface area contributed by atoms with Crippen molar-refractivity contribution < 1.29 is 14.3 Å². The number of nitrogens with zero attached hydrogens (tertiary/aromatic N) is 3. The molecule has 6 nitrogen and oxygen atoms in total. The molecule has 0 fully saturated rings. The third-order valence-electron chi connectivity index (χ3n) is 5.22. The van der Waals surface area contributed by atoms with E-state index in [2.05, 4.69) is 12.0 Å². The summed E-state index contributed by atoms with van der Waals surface area (Å²) in [5.41, 5.74) is 3.52. The maximum absolute atomic E-state index is 13.6. The van der Waals surface area contributed by atoms with E-state index in [1.807, 2.05) is 73.3 Å². The van der Waals surface area contributed by atoms with Crippen molar-refractivity contribution in [3.63, 3.8) is 0 Å². The standard InChI is InChI=1S/C23H25N3O3/c1-4-26-20(12-16(2)24-26)23(27)25(17(3)19-8-6-5-7-9-19)14-18-10-11-21-22(13-18)29-15-28-21/h5-13,17H,4,14-15H2,1-3H3/t17-/m0/s1. The van der Waals surface area contributed by atoms with Crippen LogP contribution in [0.25, 0.3) is 0 Å². The Morgan fingerprint density at radius 1 is 1.14 bits per heavy atom. The van der Waals surface area contributed by atoms with Gasteiger partial charge in [-0.15, -0.1) is 0 Å². The smallest absolute Gasteiger partial charge is 0.272 e. The van der Waals surface area contributed by atoms with Crippen molar-refractivity contribution in [2.75, 3.05) is 6.79 Å². The molecule has 0 N–H and O–H groups in total. The Balaban J connectivity index is 1.69. The van der Waals surface area contributed by atoms with Crippen LogP contribution in [0, 0.1) is 6.92 Å². The normalized spacial score (nSPS) is 13.3. The summed E-state index contributed by atoms with van der Waals surface area (Å²) in [4.78, 5) is 15.5. The van der Waals surface area contributed by atoms with Crippen LogP contribution in [0.15, 0.2) is 54.6 Å². The SMILES string of the molecule is CCn1nc(C)cc1C(=O)N(Cc1ccc2c(c1)OCO2)[C@@H](C)c1ccccc1. The maximum atomic E-state index is 13.6. The molecule has 0 radical (unpaired) electrons. The summed E-state index contributed by atoms with van der Waals surface area (Å²) in [6.07, 6.45) is 0. The van der Waals surface area contributed by atoms with Crippen LogP contribution >= 0.6 is 0 Å². The highest BCUT2D eigenvalue weighted by atomic mass is 16.7. The molecule has 1 amide bonds. The van der Waals surface area contributed by atoms with Crippen molar-refractivity contribution in [1.29, 1.82) is 0 Å². The second-order valence-corrected chi connectivity index (χ2v) is 7.19. The van der Waals surface area contributed by atoms with Gasteiger partial charge in [-0.2, -0.15) is 5.10 Å². The van der Waals surface area contributed by atoms with Gasteiger partial charge in [0.25, 0.3) is 5.91 Å². The Hall–Kier alpha value is -3.28. The summed E-state index contributed by atoms with van der Waals surface area (Å²) in [6, 6.07) is 17.6. The average molecular weight is 391 g/mol. The van der Waals surface area contributed by atoms with Crippen LogP contribution < -0.4 is 9.47 Å². The number of ether oxygens (including phenoxy) is 2. The zero-order valence-electron chi connectivity index (χ0n) is 17.0. The Kier molecular flexibility index (Phi) is 5.25. The molecular weight excluding hydrogens is 366 g/mol. The molecule has 3 aromatic rings. The molecule has 0 spiro atoms. The third-order valence-corrected chi connectivity index (χ3v) is 5.22. The molecule has 150 valence electrons. The van der Waals surface area contributed by atoms with E-state index in [0.717, 1.165) is 28.3 Å². The number of carbonyl (C=O) groups excluding carboxylic acids is 1. The van der Waals surface area contributed by atoms with E-state index in [1.54, 1.807) is 4.68 Å². The number of hydrogen-bond donors (Lipinski definition) is 0. The first-order chi connectivity index (χ1) is 14.1. The van der Waals surface area contributed by atoms with Crippen molar-refractivity contribution in [2.45, 2.75) is 39.9 Å². The van der Waals surface area contributed by atoms with E-state index in [4.69, 9.17) is 9.47 Å². The van der Waals surface area contributed by atoms with Gasteiger partial charge in [-0.25, -0.2) is 0 Å². The minimum absolute atomic E-state index is 0.0403. The lowest BCUT2D eigenvalue weighted by Gasteiger charge is -2.30.